The Labute approximate surface area is 341 Å². The fraction of sp³-hybridized carbons (Fsp3) is 0.326. The minimum Gasteiger partial charge on any atom is -0.466 e. The Kier molecular flexibility index (Phi) is 14.6. The molecule has 0 radical (unpaired) electrons. The van der Waals surface area contributed by atoms with Gasteiger partial charge in [0.25, 0.3) is 0 Å². The van der Waals surface area contributed by atoms with Crippen molar-refractivity contribution in [3.63, 3.8) is 0 Å². The van der Waals surface area contributed by atoms with E-state index in [0.29, 0.717) is 43.5 Å². The summed E-state index contributed by atoms with van der Waals surface area (Å²) in [5.41, 5.74) is 3.86. The first-order valence-electron chi connectivity index (χ1n) is 19.6. The van der Waals surface area contributed by atoms with Crippen molar-refractivity contribution in [1.29, 1.82) is 0 Å². The van der Waals surface area contributed by atoms with Crippen molar-refractivity contribution in [2.75, 3.05) is 13.2 Å². The first kappa shape index (κ1) is 42.3. The number of ether oxygens (including phenoxy) is 6. The summed E-state index contributed by atoms with van der Waals surface area (Å²) >= 11 is 0. The van der Waals surface area contributed by atoms with Gasteiger partial charge >= 0.3 is 23.9 Å². The zero-order valence-corrected chi connectivity index (χ0v) is 33.1. The van der Waals surface area contributed by atoms with Gasteiger partial charge < -0.3 is 28.4 Å². The molecule has 0 aliphatic carbocycles. The molecule has 1 fully saturated rings. The van der Waals surface area contributed by atoms with Gasteiger partial charge in [0.2, 0.25) is 18.3 Å². The van der Waals surface area contributed by atoms with Crippen LogP contribution in [0, 0.1) is 0 Å². The molecule has 0 unspecified atom stereocenters. The molecule has 5 aromatic rings. The Bertz CT molecular complexity index is 2150. The van der Waals surface area contributed by atoms with Crippen molar-refractivity contribution >= 4 is 23.9 Å². The number of nitrogens with zero attached hydrogens (tertiary/aromatic N) is 1. The number of aromatic nitrogens is 2. The lowest BCUT2D eigenvalue weighted by Gasteiger charge is -2.41. The summed E-state index contributed by atoms with van der Waals surface area (Å²) in [5, 5.41) is 7.49. The zero-order chi connectivity index (χ0) is 41.7. The van der Waals surface area contributed by atoms with E-state index in [4.69, 9.17) is 28.4 Å². The van der Waals surface area contributed by atoms with Gasteiger partial charge in [-0.15, -0.1) is 0 Å². The maximum absolute atomic E-state index is 16.8. The second-order valence-corrected chi connectivity index (χ2v) is 14.3. The largest absolute Gasteiger partial charge is 0.466 e. The molecule has 0 spiro atoms. The fourth-order valence-electron chi connectivity index (χ4n) is 6.62. The fourth-order valence-corrected chi connectivity index (χ4v) is 6.62. The van der Waals surface area contributed by atoms with Crippen molar-refractivity contribution in [2.24, 2.45) is 0 Å². The third kappa shape index (κ3) is 11.2. The molecule has 0 saturated carbocycles. The highest BCUT2D eigenvalue weighted by Gasteiger charge is 2.53. The predicted molar refractivity (Wildman–Crippen MR) is 214 cm³/mol. The molecule has 59 heavy (non-hydrogen) atoms. The number of hydrogen-bond acceptors (Lipinski definition) is 11. The van der Waals surface area contributed by atoms with Crippen LogP contribution in [-0.4, -0.2) is 78.1 Å². The summed E-state index contributed by atoms with van der Waals surface area (Å²) in [5.74, 6) is -2.57. The highest BCUT2D eigenvalue weighted by atomic mass is 19.1. The molecule has 4 aromatic carbocycles. The number of hydrogen-bond donors (Lipinski definition) is 1. The second kappa shape index (κ2) is 20.4. The minimum absolute atomic E-state index is 0.0559. The van der Waals surface area contributed by atoms with Crippen LogP contribution in [-0.2, 0) is 41.3 Å². The van der Waals surface area contributed by atoms with Gasteiger partial charge in [-0.2, -0.15) is 5.10 Å². The Morgan fingerprint density at radius 1 is 0.729 bits per heavy atom. The first-order valence-corrected chi connectivity index (χ1v) is 19.6. The number of H-pyrrole nitrogens is 1. The lowest BCUT2D eigenvalue weighted by molar-refractivity contribution is -0.264. The third-order valence-corrected chi connectivity index (χ3v) is 9.66. The lowest BCUT2D eigenvalue weighted by Crippen LogP contribution is -2.61. The second-order valence-electron chi connectivity index (χ2n) is 14.3. The highest BCUT2D eigenvalue weighted by molar-refractivity contribution is 5.90. The number of aryl methyl sites for hydroxylation is 1. The molecule has 308 valence electrons. The maximum Gasteiger partial charge on any atom is 0.338 e. The quantitative estimate of drug-likeness (QED) is 0.0725. The third-order valence-electron chi connectivity index (χ3n) is 9.66. The average molecular weight is 807 g/mol. The van der Waals surface area contributed by atoms with Gasteiger partial charge in [0, 0.05) is 18.4 Å². The summed E-state index contributed by atoms with van der Waals surface area (Å²) in [6.45, 7) is 5.49. The van der Waals surface area contributed by atoms with E-state index < -0.39 is 55.3 Å². The smallest absolute Gasteiger partial charge is 0.338 e. The molecule has 0 amide bonds. The summed E-state index contributed by atoms with van der Waals surface area (Å²) in [6, 6.07) is 32.2. The number of aromatic amines is 1. The molecule has 12 nitrogen and oxygen atoms in total. The van der Waals surface area contributed by atoms with E-state index in [1.54, 1.807) is 73.7 Å². The maximum atomic E-state index is 16.8. The number of benzene rings is 4. The molecule has 1 aromatic heterocycles. The molecular formula is C46H47FN2O10. The van der Waals surface area contributed by atoms with Crippen LogP contribution in [0.5, 0.6) is 5.88 Å². The molecule has 1 N–H and O–H groups in total. The van der Waals surface area contributed by atoms with Gasteiger partial charge in [-0.3, -0.25) is 4.79 Å². The van der Waals surface area contributed by atoms with Crippen molar-refractivity contribution in [1.82, 2.24) is 10.2 Å². The van der Waals surface area contributed by atoms with Crippen LogP contribution in [0.25, 0.3) is 0 Å². The number of alkyl halides is 1. The van der Waals surface area contributed by atoms with Crippen molar-refractivity contribution in [3.8, 4) is 5.88 Å². The summed E-state index contributed by atoms with van der Waals surface area (Å²) < 4.78 is 51.8. The number of halogens is 1. The van der Waals surface area contributed by atoms with Crippen molar-refractivity contribution < 1.29 is 52.0 Å². The van der Waals surface area contributed by atoms with Crippen molar-refractivity contribution in [3.05, 3.63) is 154 Å². The summed E-state index contributed by atoms with van der Waals surface area (Å²) in [7, 11) is 0. The van der Waals surface area contributed by atoms with Gasteiger partial charge in [0.1, 0.15) is 12.7 Å². The molecule has 1 aliphatic heterocycles. The molecule has 2 heterocycles. The monoisotopic (exact) mass is 806 g/mol. The number of carbonyl (C=O) groups excluding carboxylic acids is 4. The van der Waals surface area contributed by atoms with Crippen LogP contribution in [0.15, 0.2) is 115 Å². The van der Waals surface area contributed by atoms with Crippen LogP contribution in [0.2, 0.25) is 0 Å². The Morgan fingerprint density at radius 3 is 1.83 bits per heavy atom. The number of esters is 4. The van der Waals surface area contributed by atoms with Crippen LogP contribution in [0.3, 0.4) is 0 Å². The molecule has 1 aliphatic rings. The van der Waals surface area contributed by atoms with Gasteiger partial charge in [0.05, 0.1) is 29.0 Å². The topological polar surface area (TPSA) is 152 Å². The van der Waals surface area contributed by atoms with E-state index in [9.17, 15) is 19.2 Å². The molecule has 1 saturated heterocycles. The normalized spacial score (nSPS) is 18.8. The Balaban J connectivity index is 1.31. The van der Waals surface area contributed by atoms with Crippen LogP contribution in [0.4, 0.5) is 4.39 Å². The lowest BCUT2D eigenvalue weighted by atomic mass is 9.97. The number of rotatable bonds is 17. The summed E-state index contributed by atoms with van der Waals surface area (Å²) in [4.78, 5) is 51.9. The zero-order valence-electron chi connectivity index (χ0n) is 33.1. The van der Waals surface area contributed by atoms with Gasteiger partial charge in [-0.25, -0.2) is 23.9 Å². The molecule has 0 bridgehead atoms. The van der Waals surface area contributed by atoms with Gasteiger partial charge in [-0.05, 0) is 73.2 Å². The van der Waals surface area contributed by atoms with E-state index in [2.05, 4.69) is 10.2 Å². The van der Waals surface area contributed by atoms with Gasteiger partial charge in [0.15, 0.2) is 12.3 Å². The SMILES string of the molecule is CCOC(=O)CCCc1ccc(Cc2c(C(C)C)n[nH]c2O[C@@H]2O[C@H](COC(=O)c3ccccc3)[C@@H](F)[C@H](OC(=O)c3ccccc3)[C@H]2OC(=O)c2ccccc2)cc1. The van der Waals surface area contributed by atoms with Crippen molar-refractivity contribution in [2.45, 2.75) is 83.1 Å². The van der Waals surface area contributed by atoms with Gasteiger partial charge in [-0.1, -0.05) is 92.7 Å². The van der Waals surface area contributed by atoms with E-state index in [0.717, 1.165) is 11.1 Å². The standard InChI is InChI=1S/C46H47FN2O10/c1-4-54-37(50)22-14-15-30-23-25-31(26-24-30)27-35-39(29(2)3)48-49-42(35)59-46-41(58-45(53)34-20-12-7-13-21-34)40(57-44(52)33-18-10-6-11-19-33)38(47)36(56-46)28-55-43(51)32-16-8-5-9-17-32/h5-13,16-21,23-26,29,36,38,40-41,46H,4,14-15,22,27-28H2,1-3H3,(H,48,49)/t36-,38-,40+,41-,46+/m1/s1. The predicted octanol–water partition coefficient (Wildman–Crippen LogP) is 7.76. The Morgan fingerprint density at radius 2 is 1.27 bits per heavy atom. The van der Waals surface area contributed by atoms with E-state index >= 15 is 4.39 Å². The first-order chi connectivity index (χ1) is 28.6. The minimum atomic E-state index is -2.15. The van der Waals surface area contributed by atoms with Crippen LogP contribution in [0.1, 0.15) is 93.0 Å². The molecule has 13 heteroatoms. The van der Waals surface area contributed by atoms with E-state index in [1.807, 2.05) is 38.1 Å². The average Bonchev–Trinajstić information content (AvgIpc) is 3.65. The Hall–Kier alpha value is -6.34. The van der Waals surface area contributed by atoms with E-state index in [-0.39, 0.29) is 34.5 Å². The molecular weight excluding hydrogens is 760 g/mol. The highest BCUT2D eigenvalue weighted by Crippen LogP contribution is 2.35. The van der Waals surface area contributed by atoms with Crippen LogP contribution < -0.4 is 4.74 Å². The number of carbonyl (C=O) groups is 4. The molecule has 6 rings (SSSR count). The van der Waals surface area contributed by atoms with E-state index in [1.165, 1.54) is 24.3 Å². The number of nitrogens with one attached hydrogen (secondary N) is 1. The molecule has 5 atom stereocenters. The summed E-state index contributed by atoms with van der Waals surface area (Å²) in [6.07, 6.45) is -6.65. The van der Waals surface area contributed by atoms with Crippen LogP contribution >= 0.6 is 0 Å².